The lowest BCUT2D eigenvalue weighted by Crippen LogP contribution is -2.51. The minimum absolute atomic E-state index is 0.132. The van der Waals surface area contributed by atoms with Crippen LogP contribution in [-0.2, 0) is 22.3 Å². The molecule has 0 N–H and O–H groups in total. The van der Waals surface area contributed by atoms with Gasteiger partial charge in [-0.1, -0.05) is 84.1 Å². The molecule has 0 bridgehead atoms. The Hall–Kier alpha value is -0.860. The summed E-state index contributed by atoms with van der Waals surface area (Å²) in [6.07, 6.45) is 11.9. The molecule has 1 heterocycles. The minimum Gasteiger partial charge on any atom is -0.350 e. The number of benzene rings is 1. The Labute approximate surface area is 174 Å². The van der Waals surface area contributed by atoms with Gasteiger partial charge in [0.2, 0.25) is 0 Å². The molecule has 0 aromatic heterocycles. The van der Waals surface area contributed by atoms with E-state index in [0.29, 0.717) is 5.92 Å². The van der Waals surface area contributed by atoms with Crippen LogP contribution in [0.15, 0.2) is 24.3 Å². The molecule has 2 unspecified atom stereocenters. The first-order chi connectivity index (χ1) is 13.2. The van der Waals surface area contributed by atoms with Crippen LogP contribution >= 0.6 is 0 Å². The molecule has 1 fully saturated rings. The first-order valence-electron chi connectivity index (χ1n) is 11.6. The summed E-state index contributed by atoms with van der Waals surface area (Å²) in [5.74, 6) is -0.0112. The van der Waals surface area contributed by atoms with Gasteiger partial charge < -0.3 is 9.47 Å². The van der Waals surface area contributed by atoms with Crippen LogP contribution in [0.1, 0.15) is 97.6 Å². The average Bonchev–Trinajstić information content (AvgIpc) is 2.63. The third kappa shape index (κ3) is 7.87. The van der Waals surface area contributed by atoms with Crippen LogP contribution in [0.4, 0.5) is 0 Å². The summed E-state index contributed by atoms with van der Waals surface area (Å²) in [5.41, 5.74) is 3.05. The fourth-order valence-corrected chi connectivity index (χ4v) is 4.28. The highest BCUT2D eigenvalue weighted by Crippen LogP contribution is 2.38. The van der Waals surface area contributed by atoms with Crippen LogP contribution < -0.4 is 0 Å². The molecule has 0 aliphatic carbocycles. The van der Waals surface area contributed by atoms with Gasteiger partial charge in [-0.2, -0.15) is 0 Å². The highest BCUT2D eigenvalue weighted by atomic mass is 16.7. The molecule has 1 saturated heterocycles. The number of hydrogen-bond donors (Lipinski definition) is 0. The normalized spacial score (nSPS) is 22.4. The second-order valence-corrected chi connectivity index (χ2v) is 10.2. The maximum Gasteiger partial charge on any atom is 0.163 e. The fraction of sp³-hybridized carbons (Fsp3) is 0.769. The van der Waals surface area contributed by atoms with Crippen molar-refractivity contribution in [2.75, 3.05) is 6.61 Å². The summed E-state index contributed by atoms with van der Waals surface area (Å²) in [5, 5.41) is 0. The maximum absolute atomic E-state index is 6.32. The molecule has 1 aliphatic rings. The Morgan fingerprint density at radius 3 is 2.07 bits per heavy atom. The van der Waals surface area contributed by atoms with Crippen LogP contribution in [0.2, 0.25) is 0 Å². The van der Waals surface area contributed by atoms with Gasteiger partial charge >= 0.3 is 0 Å². The monoisotopic (exact) mass is 388 g/mol. The molecule has 2 atom stereocenters. The molecular weight excluding hydrogens is 344 g/mol. The van der Waals surface area contributed by atoms with E-state index < -0.39 is 5.79 Å². The van der Waals surface area contributed by atoms with Crippen molar-refractivity contribution in [1.82, 2.24) is 0 Å². The molecule has 2 heteroatoms. The largest absolute Gasteiger partial charge is 0.350 e. The van der Waals surface area contributed by atoms with E-state index in [-0.39, 0.29) is 11.5 Å². The van der Waals surface area contributed by atoms with Crippen LogP contribution in [0.3, 0.4) is 0 Å². The molecule has 0 radical (unpaired) electrons. The Kier molecular flexibility index (Phi) is 9.02. The highest BCUT2D eigenvalue weighted by molar-refractivity contribution is 5.22. The summed E-state index contributed by atoms with van der Waals surface area (Å²) >= 11 is 0. The Morgan fingerprint density at radius 2 is 1.46 bits per heavy atom. The van der Waals surface area contributed by atoms with Gasteiger partial charge in [-0.3, -0.25) is 0 Å². The lowest BCUT2D eigenvalue weighted by molar-refractivity contribution is -0.311. The lowest BCUT2D eigenvalue weighted by Gasteiger charge is -2.46. The second kappa shape index (κ2) is 10.8. The summed E-state index contributed by atoms with van der Waals surface area (Å²) in [7, 11) is 0. The van der Waals surface area contributed by atoms with Gasteiger partial charge in [0.15, 0.2) is 5.79 Å². The van der Waals surface area contributed by atoms with Crippen molar-refractivity contribution in [2.45, 2.75) is 111 Å². The van der Waals surface area contributed by atoms with Crippen molar-refractivity contribution in [3.63, 3.8) is 0 Å². The molecule has 0 saturated carbocycles. The topological polar surface area (TPSA) is 18.5 Å². The number of hydrogen-bond acceptors (Lipinski definition) is 2. The number of unbranched alkanes of at least 4 members (excludes halogenated alkanes) is 5. The number of aryl methyl sites for hydroxylation is 2. The number of rotatable bonds is 10. The first-order valence-corrected chi connectivity index (χ1v) is 11.6. The van der Waals surface area contributed by atoms with Crippen LogP contribution in [0.5, 0.6) is 0 Å². The molecule has 160 valence electrons. The molecule has 28 heavy (non-hydrogen) atoms. The molecule has 0 spiro atoms. The predicted molar refractivity (Wildman–Crippen MR) is 120 cm³/mol. The zero-order chi connectivity index (χ0) is 20.6. The van der Waals surface area contributed by atoms with Crippen molar-refractivity contribution in [2.24, 2.45) is 11.3 Å². The molecule has 0 amide bonds. The Bertz CT molecular complexity index is 553. The van der Waals surface area contributed by atoms with Crippen LogP contribution in [0.25, 0.3) is 0 Å². The van der Waals surface area contributed by atoms with E-state index in [1.165, 1.54) is 56.1 Å². The van der Waals surface area contributed by atoms with Gasteiger partial charge in [-0.25, -0.2) is 0 Å². The van der Waals surface area contributed by atoms with Crippen molar-refractivity contribution in [3.8, 4) is 0 Å². The van der Waals surface area contributed by atoms with Gasteiger partial charge in [0.05, 0.1) is 12.7 Å². The minimum atomic E-state index is -0.466. The molecule has 1 aromatic carbocycles. The standard InChI is InChI=1S/C26H44O2/c1-7-8-9-10-11-12-13-21-14-16-22(17-15-21)18-19-23-20-27-26(5,6)28-24(23)25(2,3)4/h14-17,23-24H,7-13,18-20H2,1-6H3. The van der Waals surface area contributed by atoms with Crippen LogP contribution in [-0.4, -0.2) is 18.5 Å². The Morgan fingerprint density at radius 1 is 0.893 bits per heavy atom. The summed E-state index contributed by atoms with van der Waals surface area (Å²) in [6, 6.07) is 9.32. The van der Waals surface area contributed by atoms with Gasteiger partial charge in [0.25, 0.3) is 0 Å². The van der Waals surface area contributed by atoms with E-state index in [4.69, 9.17) is 9.47 Å². The van der Waals surface area contributed by atoms with Gasteiger partial charge in [-0.05, 0) is 56.1 Å². The van der Waals surface area contributed by atoms with E-state index in [0.717, 1.165) is 19.4 Å². The molecular formula is C26H44O2. The molecule has 2 nitrogen and oxygen atoms in total. The molecule has 2 rings (SSSR count). The van der Waals surface area contributed by atoms with E-state index >= 15 is 0 Å². The fourth-order valence-electron chi connectivity index (χ4n) is 4.28. The summed E-state index contributed by atoms with van der Waals surface area (Å²) in [6.45, 7) is 14.0. The zero-order valence-electron chi connectivity index (χ0n) is 19.4. The van der Waals surface area contributed by atoms with Gasteiger partial charge in [-0.15, -0.1) is 0 Å². The van der Waals surface area contributed by atoms with E-state index in [9.17, 15) is 0 Å². The lowest BCUT2D eigenvalue weighted by atomic mass is 9.78. The quantitative estimate of drug-likeness (QED) is 0.390. The Balaban J connectivity index is 1.79. The number of ether oxygens (including phenoxy) is 2. The third-order valence-corrected chi connectivity index (χ3v) is 5.98. The summed E-state index contributed by atoms with van der Waals surface area (Å²) in [4.78, 5) is 0. The molecule has 1 aromatic rings. The van der Waals surface area contributed by atoms with Crippen molar-refractivity contribution < 1.29 is 9.47 Å². The molecule has 1 aliphatic heterocycles. The zero-order valence-corrected chi connectivity index (χ0v) is 19.4. The van der Waals surface area contributed by atoms with E-state index in [1.807, 2.05) is 13.8 Å². The first kappa shape index (κ1) is 23.4. The maximum atomic E-state index is 6.32. The smallest absolute Gasteiger partial charge is 0.163 e. The van der Waals surface area contributed by atoms with Gasteiger partial charge in [0, 0.05) is 5.92 Å². The third-order valence-electron chi connectivity index (χ3n) is 5.98. The predicted octanol–water partition coefficient (Wildman–Crippen LogP) is 7.34. The van der Waals surface area contributed by atoms with Crippen molar-refractivity contribution in [3.05, 3.63) is 35.4 Å². The van der Waals surface area contributed by atoms with Crippen LogP contribution in [0, 0.1) is 11.3 Å². The second-order valence-electron chi connectivity index (χ2n) is 10.2. The highest BCUT2D eigenvalue weighted by Gasteiger charge is 2.42. The SMILES string of the molecule is CCCCCCCCc1ccc(CCC2COC(C)(C)OC2C(C)(C)C)cc1. The van der Waals surface area contributed by atoms with E-state index in [2.05, 4.69) is 52.0 Å². The summed E-state index contributed by atoms with van der Waals surface area (Å²) < 4.78 is 12.3. The van der Waals surface area contributed by atoms with Gasteiger partial charge in [0.1, 0.15) is 0 Å². The van der Waals surface area contributed by atoms with Crippen molar-refractivity contribution in [1.29, 1.82) is 0 Å². The van der Waals surface area contributed by atoms with E-state index in [1.54, 1.807) is 0 Å². The van der Waals surface area contributed by atoms with Crippen molar-refractivity contribution >= 4 is 0 Å². The average molecular weight is 389 g/mol.